The lowest BCUT2D eigenvalue weighted by atomic mass is 9.72. The lowest BCUT2D eigenvalue weighted by molar-refractivity contribution is -0.222. The van der Waals surface area contributed by atoms with Crippen LogP contribution in [0.1, 0.15) is 25.3 Å². The van der Waals surface area contributed by atoms with Gasteiger partial charge in [0.15, 0.2) is 17.1 Å². The van der Waals surface area contributed by atoms with Gasteiger partial charge < -0.3 is 35.4 Å². The molecule has 0 saturated heterocycles. The van der Waals surface area contributed by atoms with Gasteiger partial charge in [0.25, 0.3) is 0 Å². The number of aliphatic hydroxyl groups is 3. The second-order valence-corrected chi connectivity index (χ2v) is 6.55. The van der Waals surface area contributed by atoms with Gasteiger partial charge >= 0.3 is 11.9 Å². The average molecular weight is 368 g/mol. The first-order valence-corrected chi connectivity index (χ1v) is 7.72. The highest BCUT2D eigenvalue weighted by atomic mass is 16.6. The Hall–Kier alpha value is -2.62. The average Bonchev–Trinajstić information content (AvgIpc) is 2.53. The van der Waals surface area contributed by atoms with Crippen molar-refractivity contribution in [3.05, 3.63) is 29.8 Å². The number of aliphatic carboxylic acids is 1. The Labute approximate surface area is 148 Å². The Kier molecular flexibility index (Phi) is 5.26. The van der Waals surface area contributed by atoms with E-state index in [9.17, 15) is 35.1 Å². The van der Waals surface area contributed by atoms with Crippen LogP contribution in [0.4, 0.5) is 0 Å². The van der Waals surface area contributed by atoms with Crippen molar-refractivity contribution in [1.82, 2.24) is 0 Å². The van der Waals surface area contributed by atoms with Crippen LogP contribution in [-0.2, 0) is 14.3 Å². The van der Waals surface area contributed by atoms with Gasteiger partial charge in [0.1, 0.15) is 11.7 Å². The number of ether oxygens (including phenoxy) is 1. The minimum atomic E-state index is -2.35. The number of aliphatic hydroxyl groups excluding tert-OH is 2. The van der Waals surface area contributed by atoms with E-state index in [0.717, 1.165) is 6.08 Å². The van der Waals surface area contributed by atoms with Crippen LogP contribution in [-0.4, -0.2) is 66.0 Å². The largest absolute Gasteiger partial charge is 0.504 e. The van der Waals surface area contributed by atoms with Gasteiger partial charge in [0.2, 0.25) is 0 Å². The van der Waals surface area contributed by atoms with Gasteiger partial charge in [-0.05, 0) is 30.7 Å². The van der Waals surface area contributed by atoms with Crippen LogP contribution in [0.25, 0.3) is 6.08 Å². The van der Waals surface area contributed by atoms with Gasteiger partial charge in [-0.15, -0.1) is 0 Å². The maximum Gasteiger partial charge on any atom is 0.335 e. The van der Waals surface area contributed by atoms with E-state index in [2.05, 4.69) is 0 Å². The number of carboxylic acids is 1. The van der Waals surface area contributed by atoms with Crippen LogP contribution in [0, 0.1) is 0 Å². The molecule has 1 aliphatic rings. The molecule has 0 radical (unpaired) electrons. The third-order valence-electron chi connectivity index (χ3n) is 4.32. The molecule has 0 unspecified atom stereocenters. The Morgan fingerprint density at radius 2 is 1.88 bits per heavy atom. The number of carbonyl (C=O) groups excluding carboxylic acids is 1. The molecular formula is C17H20O9. The molecule has 26 heavy (non-hydrogen) atoms. The topological polar surface area (TPSA) is 165 Å². The summed E-state index contributed by atoms with van der Waals surface area (Å²) in [7, 11) is 0. The predicted molar refractivity (Wildman–Crippen MR) is 87.1 cm³/mol. The van der Waals surface area contributed by atoms with E-state index in [1.54, 1.807) is 0 Å². The molecule has 0 spiro atoms. The molecule has 1 aromatic carbocycles. The minimum Gasteiger partial charge on any atom is -0.504 e. The molecule has 9 heteroatoms. The molecule has 9 nitrogen and oxygen atoms in total. The van der Waals surface area contributed by atoms with Crippen molar-refractivity contribution < 1.29 is 45.0 Å². The second kappa shape index (κ2) is 6.94. The van der Waals surface area contributed by atoms with Gasteiger partial charge in [0, 0.05) is 18.9 Å². The molecule has 0 aliphatic heterocycles. The Balaban J connectivity index is 2.15. The van der Waals surface area contributed by atoms with E-state index < -0.39 is 48.2 Å². The first-order chi connectivity index (χ1) is 12.0. The highest BCUT2D eigenvalue weighted by Crippen LogP contribution is 2.38. The molecule has 142 valence electrons. The van der Waals surface area contributed by atoms with Gasteiger partial charge in [0.05, 0.1) is 6.10 Å². The van der Waals surface area contributed by atoms with Crippen LogP contribution >= 0.6 is 0 Å². The zero-order valence-corrected chi connectivity index (χ0v) is 13.9. The van der Waals surface area contributed by atoms with E-state index in [-0.39, 0.29) is 11.5 Å². The summed E-state index contributed by atoms with van der Waals surface area (Å²) >= 11 is 0. The van der Waals surface area contributed by atoms with E-state index >= 15 is 0 Å². The highest BCUT2D eigenvalue weighted by molar-refractivity contribution is 5.87. The van der Waals surface area contributed by atoms with Crippen LogP contribution in [0.15, 0.2) is 24.3 Å². The van der Waals surface area contributed by atoms with Crippen LogP contribution < -0.4 is 0 Å². The van der Waals surface area contributed by atoms with E-state index in [1.165, 1.54) is 31.2 Å². The summed E-state index contributed by atoms with van der Waals surface area (Å²) < 4.78 is 5.11. The number of rotatable bonds is 4. The molecule has 0 aromatic heterocycles. The number of carboxylic acid groups (broad SMARTS) is 1. The molecule has 0 amide bonds. The smallest absolute Gasteiger partial charge is 0.335 e. The number of carbonyl (C=O) groups is 2. The number of esters is 1. The van der Waals surface area contributed by atoms with Crippen molar-refractivity contribution in [3.8, 4) is 11.5 Å². The predicted octanol–water partition coefficient (Wildman–Crippen LogP) is -0.256. The highest BCUT2D eigenvalue weighted by Gasteiger charge is 2.56. The number of phenols is 2. The Morgan fingerprint density at radius 1 is 1.23 bits per heavy atom. The normalized spacial score (nSPS) is 31.7. The molecular weight excluding hydrogens is 348 g/mol. The van der Waals surface area contributed by atoms with Crippen molar-refractivity contribution in [2.24, 2.45) is 0 Å². The third-order valence-corrected chi connectivity index (χ3v) is 4.32. The van der Waals surface area contributed by atoms with Crippen LogP contribution in [0.5, 0.6) is 11.5 Å². The van der Waals surface area contributed by atoms with Gasteiger partial charge in [-0.1, -0.05) is 6.07 Å². The first-order valence-electron chi connectivity index (χ1n) is 7.72. The van der Waals surface area contributed by atoms with Gasteiger partial charge in [-0.3, -0.25) is 0 Å². The zero-order chi connectivity index (χ0) is 19.7. The summed E-state index contributed by atoms with van der Waals surface area (Å²) in [6.07, 6.45) is -2.16. The maximum absolute atomic E-state index is 12.0. The number of benzene rings is 1. The quantitative estimate of drug-likeness (QED) is 0.239. The Bertz CT molecular complexity index is 744. The molecule has 0 heterocycles. The molecule has 6 N–H and O–H groups in total. The van der Waals surface area contributed by atoms with E-state index in [0.29, 0.717) is 5.56 Å². The third kappa shape index (κ3) is 3.96. The second-order valence-electron chi connectivity index (χ2n) is 6.55. The summed E-state index contributed by atoms with van der Waals surface area (Å²) in [5.41, 5.74) is -3.81. The molecule has 1 fully saturated rings. The number of hydrogen-bond donors (Lipinski definition) is 6. The monoisotopic (exact) mass is 368 g/mol. The standard InChI is InChI=1S/C17H20O9/c1-16(8-17(25,15(23)24)7-12(20)14(16)22)26-13(21)5-3-9-2-4-10(18)11(19)6-9/h2-6,12,14,18-20,22,25H,7-8H2,1H3,(H,23,24)/b5-3+/t12-,14-,16+,17+/m1/s1. The van der Waals surface area contributed by atoms with Crippen molar-refractivity contribution in [3.63, 3.8) is 0 Å². The molecule has 2 rings (SSSR count). The number of aromatic hydroxyl groups is 2. The SMILES string of the molecule is C[C@]1(OC(=O)/C=C/c2ccc(O)c(O)c2)C[C@](O)(C(=O)O)C[C@@H](O)[C@H]1O. The summed E-state index contributed by atoms with van der Waals surface area (Å²) in [6, 6.07) is 3.84. The van der Waals surface area contributed by atoms with Crippen molar-refractivity contribution in [1.29, 1.82) is 0 Å². The van der Waals surface area contributed by atoms with Gasteiger partial charge in [-0.2, -0.15) is 0 Å². The molecule has 1 saturated carbocycles. The fourth-order valence-electron chi connectivity index (χ4n) is 2.95. The summed E-state index contributed by atoms with van der Waals surface area (Å²) in [5.74, 6) is -3.27. The molecule has 1 aliphatic carbocycles. The fraction of sp³-hybridized carbons (Fsp3) is 0.412. The van der Waals surface area contributed by atoms with Crippen LogP contribution in [0.3, 0.4) is 0 Å². The van der Waals surface area contributed by atoms with E-state index in [4.69, 9.17) is 9.84 Å². The van der Waals surface area contributed by atoms with Crippen LogP contribution in [0.2, 0.25) is 0 Å². The lowest BCUT2D eigenvalue weighted by Crippen LogP contribution is -2.62. The van der Waals surface area contributed by atoms with Crippen molar-refractivity contribution in [2.75, 3.05) is 0 Å². The van der Waals surface area contributed by atoms with Crippen molar-refractivity contribution >= 4 is 18.0 Å². The maximum atomic E-state index is 12.0. The van der Waals surface area contributed by atoms with Gasteiger partial charge in [-0.25, -0.2) is 9.59 Å². The summed E-state index contributed by atoms with van der Waals surface area (Å²) in [6.45, 7) is 1.21. The number of hydrogen-bond acceptors (Lipinski definition) is 8. The minimum absolute atomic E-state index is 0.329. The zero-order valence-electron chi connectivity index (χ0n) is 13.9. The molecule has 4 atom stereocenters. The fourth-order valence-corrected chi connectivity index (χ4v) is 2.95. The number of phenolic OH excluding ortho intramolecular Hbond substituents is 2. The summed E-state index contributed by atoms with van der Waals surface area (Å²) in [5, 5.41) is 57.8. The first kappa shape index (κ1) is 19.7. The molecule has 0 bridgehead atoms. The Morgan fingerprint density at radius 3 is 2.46 bits per heavy atom. The van der Waals surface area contributed by atoms with Crippen molar-refractivity contribution in [2.45, 2.75) is 43.2 Å². The van der Waals surface area contributed by atoms with E-state index in [1.807, 2.05) is 0 Å². The molecule has 1 aromatic rings. The summed E-state index contributed by atoms with van der Waals surface area (Å²) in [4.78, 5) is 23.3. The lowest BCUT2D eigenvalue weighted by Gasteiger charge is -2.45.